The van der Waals surface area contributed by atoms with Gasteiger partial charge >= 0.3 is 0 Å². The van der Waals surface area contributed by atoms with Crippen LogP contribution in [0.5, 0.6) is 0 Å². The summed E-state index contributed by atoms with van der Waals surface area (Å²) in [6, 6.07) is 1.78. The molecule has 0 aliphatic rings. The SMILES string of the molecule is CNc1cc(SCCS(C)(=O)=O)nc(COC)n1. The molecule has 0 radical (unpaired) electrons. The van der Waals surface area contributed by atoms with Crippen LogP contribution in [0, 0.1) is 0 Å². The summed E-state index contributed by atoms with van der Waals surface area (Å²) in [6.45, 7) is 0.329. The lowest BCUT2D eigenvalue weighted by Crippen LogP contribution is -2.06. The molecule has 0 saturated carbocycles. The van der Waals surface area contributed by atoms with Gasteiger partial charge in [0, 0.05) is 32.2 Å². The summed E-state index contributed by atoms with van der Waals surface area (Å²) in [5, 5.41) is 3.68. The topological polar surface area (TPSA) is 81.2 Å². The summed E-state index contributed by atoms with van der Waals surface area (Å²) in [5.74, 6) is 1.88. The van der Waals surface area contributed by atoms with Gasteiger partial charge < -0.3 is 10.1 Å². The van der Waals surface area contributed by atoms with E-state index in [1.54, 1.807) is 20.2 Å². The predicted octanol–water partition coefficient (Wildman–Crippen LogP) is 0.801. The van der Waals surface area contributed by atoms with Gasteiger partial charge in [0.05, 0.1) is 5.75 Å². The maximum Gasteiger partial charge on any atom is 0.157 e. The predicted molar refractivity (Wildman–Crippen MR) is 72.7 cm³/mol. The highest BCUT2D eigenvalue weighted by Crippen LogP contribution is 2.19. The van der Waals surface area contributed by atoms with E-state index < -0.39 is 9.84 Å². The lowest BCUT2D eigenvalue weighted by Gasteiger charge is -2.06. The van der Waals surface area contributed by atoms with Crippen molar-refractivity contribution in [2.75, 3.05) is 37.2 Å². The van der Waals surface area contributed by atoms with Crippen molar-refractivity contribution in [2.24, 2.45) is 0 Å². The van der Waals surface area contributed by atoms with Crippen molar-refractivity contribution in [1.29, 1.82) is 0 Å². The number of anilines is 1. The Kier molecular flexibility index (Phi) is 5.83. The molecule has 18 heavy (non-hydrogen) atoms. The molecule has 0 aliphatic heterocycles. The molecule has 0 aromatic carbocycles. The van der Waals surface area contributed by atoms with E-state index in [0.29, 0.717) is 24.0 Å². The molecular formula is C10H17N3O3S2. The Labute approximate surface area is 111 Å². The highest BCUT2D eigenvalue weighted by Gasteiger charge is 2.07. The van der Waals surface area contributed by atoms with Gasteiger partial charge in [-0.25, -0.2) is 18.4 Å². The number of methoxy groups -OCH3 is 1. The number of nitrogens with zero attached hydrogens (tertiary/aromatic N) is 2. The minimum atomic E-state index is -2.93. The van der Waals surface area contributed by atoms with Crippen molar-refractivity contribution in [1.82, 2.24) is 9.97 Å². The zero-order valence-corrected chi connectivity index (χ0v) is 12.3. The van der Waals surface area contributed by atoms with E-state index in [-0.39, 0.29) is 5.75 Å². The molecule has 0 atom stereocenters. The number of hydrogen-bond donors (Lipinski definition) is 1. The highest BCUT2D eigenvalue weighted by molar-refractivity contribution is 8.00. The summed E-state index contributed by atoms with van der Waals surface area (Å²) in [4.78, 5) is 8.50. The number of ether oxygens (including phenoxy) is 1. The first-order chi connectivity index (χ1) is 8.44. The van der Waals surface area contributed by atoms with Crippen LogP contribution in [0.15, 0.2) is 11.1 Å². The summed E-state index contributed by atoms with van der Waals surface area (Å²) < 4.78 is 27.1. The van der Waals surface area contributed by atoms with Crippen molar-refractivity contribution in [2.45, 2.75) is 11.6 Å². The molecule has 1 heterocycles. The van der Waals surface area contributed by atoms with Gasteiger partial charge in [0.25, 0.3) is 0 Å². The van der Waals surface area contributed by atoms with E-state index in [1.165, 1.54) is 18.0 Å². The standard InChI is InChI=1S/C10H17N3O3S2/c1-11-8-6-10(13-9(12-8)7-16-2)17-4-5-18(3,14)15/h6H,4-5,7H2,1-3H3,(H,11,12,13). The third-order valence-electron chi connectivity index (χ3n) is 1.98. The number of sulfone groups is 1. The molecule has 1 aromatic heterocycles. The normalized spacial score (nSPS) is 11.5. The smallest absolute Gasteiger partial charge is 0.157 e. The van der Waals surface area contributed by atoms with E-state index >= 15 is 0 Å². The van der Waals surface area contributed by atoms with Gasteiger partial charge in [-0.1, -0.05) is 0 Å². The highest BCUT2D eigenvalue weighted by atomic mass is 32.2. The summed E-state index contributed by atoms with van der Waals surface area (Å²) >= 11 is 1.39. The Balaban J connectivity index is 2.72. The van der Waals surface area contributed by atoms with Crippen LogP contribution in [0.3, 0.4) is 0 Å². The Bertz CT molecular complexity index is 491. The molecule has 0 spiro atoms. The Hall–Kier alpha value is -0.860. The minimum Gasteiger partial charge on any atom is -0.377 e. The van der Waals surface area contributed by atoms with Crippen molar-refractivity contribution in [3.8, 4) is 0 Å². The van der Waals surface area contributed by atoms with Crippen LogP contribution in [0.1, 0.15) is 5.82 Å². The zero-order valence-electron chi connectivity index (χ0n) is 10.6. The van der Waals surface area contributed by atoms with Crippen molar-refractivity contribution < 1.29 is 13.2 Å². The fraction of sp³-hybridized carbons (Fsp3) is 0.600. The zero-order chi connectivity index (χ0) is 13.6. The fourth-order valence-electron chi connectivity index (χ4n) is 1.17. The quantitative estimate of drug-likeness (QED) is 0.588. The van der Waals surface area contributed by atoms with Crippen LogP contribution in [0.2, 0.25) is 0 Å². The van der Waals surface area contributed by atoms with E-state index in [2.05, 4.69) is 15.3 Å². The van der Waals surface area contributed by atoms with E-state index in [0.717, 1.165) is 5.03 Å². The number of hydrogen-bond acceptors (Lipinski definition) is 7. The molecule has 0 amide bonds. The molecular weight excluding hydrogens is 274 g/mol. The third kappa shape index (κ3) is 5.65. The van der Waals surface area contributed by atoms with Gasteiger partial charge in [0.2, 0.25) is 0 Å². The van der Waals surface area contributed by atoms with Gasteiger partial charge in [-0.2, -0.15) is 0 Å². The van der Waals surface area contributed by atoms with Crippen molar-refractivity contribution in [3.63, 3.8) is 0 Å². The van der Waals surface area contributed by atoms with Gasteiger partial charge in [-0.15, -0.1) is 11.8 Å². The van der Waals surface area contributed by atoms with Crippen molar-refractivity contribution >= 4 is 27.4 Å². The molecule has 1 rings (SSSR count). The van der Waals surface area contributed by atoms with E-state index in [4.69, 9.17) is 4.74 Å². The van der Waals surface area contributed by atoms with Crippen LogP contribution in [0.25, 0.3) is 0 Å². The average molecular weight is 291 g/mol. The van der Waals surface area contributed by atoms with Gasteiger partial charge in [-0.05, 0) is 0 Å². The lowest BCUT2D eigenvalue weighted by molar-refractivity contribution is 0.177. The number of thioether (sulfide) groups is 1. The molecule has 8 heteroatoms. The second-order valence-corrected chi connectivity index (χ2v) is 7.04. The molecule has 1 aromatic rings. The minimum absolute atomic E-state index is 0.135. The van der Waals surface area contributed by atoms with Crippen LogP contribution < -0.4 is 5.32 Å². The average Bonchev–Trinajstić information content (AvgIpc) is 2.27. The summed E-state index contributed by atoms with van der Waals surface area (Å²) in [6.07, 6.45) is 1.23. The number of aromatic nitrogens is 2. The lowest BCUT2D eigenvalue weighted by atomic mass is 10.5. The van der Waals surface area contributed by atoms with E-state index in [9.17, 15) is 8.42 Å². The van der Waals surface area contributed by atoms with Crippen LogP contribution in [-0.2, 0) is 21.2 Å². The van der Waals surface area contributed by atoms with Crippen molar-refractivity contribution in [3.05, 3.63) is 11.9 Å². The van der Waals surface area contributed by atoms with Gasteiger partial charge in [-0.3, -0.25) is 0 Å². The van der Waals surface area contributed by atoms with Crippen LogP contribution in [0.4, 0.5) is 5.82 Å². The molecule has 102 valence electrons. The van der Waals surface area contributed by atoms with Gasteiger partial charge in [0.15, 0.2) is 5.82 Å². The molecule has 0 saturated heterocycles. The van der Waals surface area contributed by atoms with Gasteiger partial charge in [0.1, 0.15) is 27.3 Å². The Morgan fingerprint density at radius 2 is 2.17 bits per heavy atom. The molecule has 0 unspecified atom stereocenters. The monoisotopic (exact) mass is 291 g/mol. The summed E-state index contributed by atoms with van der Waals surface area (Å²) in [7, 11) is 0.408. The molecule has 0 aliphatic carbocycles. The molecule has 0 bridgehead atoms. The second kappa shape index (κ2) is 6.91. The number of rotatable bonds is 7. The molecule has 0 fully saturated rings. The summed E-state index contributed by atoms with van der Waals surface area (Å²) in [5.41, 5.74) is 0. The van der Waals surface area contributed by atoms with Crippen LogP contribution >= 0.6 is 11.8 Å². The first kappa shape index (κ1) is 15.2. The number of nitrogens with one attached hydrogen (secondary N) is 1. The second-order valence-electron chi connectivity index (χ2n) is 3.67. The first-order valence-electron chi connectivity index (χ1n) is 5.30. The Morgan fingerprint density at radius 1 is 1.44 bits per heavy atom. The maximum atomic E-state index is 11.0. The first-order valence-corrected chi connectivity index (χ1v) is 8.34. The largest absolute Gasteiger partial charge is 0.377 e. The Morgan fingerprint density at radius 3 is 2.72 bits per heavy atom. The molecule has 1 N–H and O–H groups in total. The van der Waals surface area contributed by atoms with Crippen LogP contribution in [-0.4, -0.2) is 50.3 Å². The fourth-order valence-corrected chi connectivity index (χ4v) is 3.28. The third-order valence-corrected chi connectivity index (χ3v) is 4.10. The molecule has 6 nitrogen and oxygen atoms in total. The maximum absolute atomic E-state index is 11.0. The van der Waals surface area contributed by atoms with E-state index in [1.807, 2.05) is 0 Å².